The highest BCUT2D eigenvalue weighted by molar-refractivity contribution is 9.10. The minimum absolute atomic E-state index is 0.0290. The van der Waals surface area contributed by atoms with Crippen molar-refractivity contribution in [3.05, 3.63) is 74.0 Å². The third-order valence-electron chi connectivity index (χ3n) is 3.73. The molecule has 0 atom stereocenters. The number of aryl methyl sites for hydroxylation is 2. The third-order valence-corrected chi connectivity index (χ3v) is 4.23. The van der Waals surface area contributed by atoms with Crippen molar-refractivity contribution >= 4 is 32.9 Å². The molecule has 1 aromatic heterocycles. The van der Waals surface area contributed by atoms with Crippen molar-refractivity contribution in [2.24, 2.45) is 0 Å². The van der Waals surface area contributed by atoms with Gasteiger partial charge in [0.2, 0.25) is 0 Å². The van der Waals surface area contributed by atoms with Crippen LogP contribution in [0.3, 0.4) is 0 Å². The molecule has 1 heterocycles. The summed E-state index contributed by atoms with van der Waals surface area (Å²) in [5.74, 6) is 0.109. The van der Waals surface area contributed by atoms with E-state index < -0.39 is 11.6 Å². The Bertz CT molecular complexity index is 1000. The van der Waals surface area contributed by atoms with Crippen LogP contribution in [0.1, 0.15) is 16.7 Å². The second kappa shape index (κ2) is 7.74. The van der Waals surface area contributed by atoms with Crippen molar-refractivity contribution in [1.29, 1.82) is 0 Å². The van der Waals surface area contributed by atoms with Crippen molar-refractivity contribution in [1.82, 2.24) is 0 Å². The SMILES string of the molecule is Cc1cc(C)cc(OCC(=O)OCc2cc(=O)oc3cc(Br)ccc23)c1. The first-order valence-corrected chi connectivity index (χ1v) is 8.79. The van der Waals surface area contributed by atoms with E-state index >= 15 is 0 Å². The molecule has 0 bridgehead atoms. The number of ether oxygens (including phenoxy) is 2. The molecule has 26 heavy (non-hydrogen) atoms. The topological polar surface area (TPSA) is 65.7 Å². The zero-order valence-corrected chi connectivity index (χ0v) is 16.0. The van der Waals surface area contributed by atoms with Gasteiger partial charge in [0.05, 0.1) is 0 Å². The number of benzene rings is 2. The quantitative estimate of drug-likeness (QED) is 0.458. The number of carbonyl (C=O) groups excluding carboxylic acids is 1. The van der Waals surface area contributed by atoms with Gasteiger partial charge in [0.1, 0.15) is 17.9 Å². The lowest BCUT2D eigenvalue weighted by Crippen LogP contribution is -2.15. The minimum Gasteiger partial charge on any atom is -0.482 e. The molecule has 3 aromatic rings. The largest absolute Gasteiger partial charge is 0.482 e. The number of hydrogen-bond donors (Lipinski definition) is 0. The highest BCUT2D eigenvalue weighted by atomic mass is 79.9. The molecule has 0 spiro atoms. The molecule has 0 N–H and O–H groups in total. The van der Waals surface area contributed by atoms with Crippen LogP contribution in [-0.2, 0) is 16.1 Å². The van der Waals surface area contributed by atoms with E-state index in [0.29, 0.717) is 16.9 Å². The summed E-state index contributed by atoms with van der Waals surface area (Å²) >= 11 is 3.33. The Morgan fingerprint density at radius 3 is 2.54 bits per heavy atom. The highest BCUT2D eigenvalue weighted by Crippen LogP contribution is 2.22. The molecule has 5 nitrogen and oxygen atoms in total. The Morgan fingerprint density at radius 1 is 1.08 bits per heavy atom. The lowest BCUT2D eigenvalue weighted by Gasteiger charge is -2.09. The summed E-state index contributed by atoms with van der Waals surface area (Å²) in [6.45, 7) is 3.69. The average molecular weight is 417 g/mol. The Balaban J connectivity index is 1.66. The fourth-order valence-corrected chi connectivity index (χ4v) is 3.02. The average Bonchev–Trinajstić information content (AvgIpc) is 2.56. The standard InChI is InChI=1S/C20H17BrO5/c1-12-5-13(2)7-16(6-12)24-11-20(23)25-10-14-8-19(22)26-18-9-15(21)3-4-17(14)18/h3-9H,10-11H2,1-2H3. The van der Waals surface area contributed by atoms with Crippen molar-refractivity contribution < 1.29 is 18.7 Å². The van der Waals surface area contributed by atoms with Gasteiger partial charge in [-0.1, -0.05) is 22.0 Å². The molecule has 0 saturated carbocycles. The first-order valence-electron chi connectivity index (χ1n) is 8.00. The molecule has 0 radical (unpaired) electrons. The van der Waals surface area contributed by atoms with Crippen LogP contribution in [0.25, 0.3) is 11.0 Å². The van der Waals surface area contributed by atoms with Gasteiger partial charge in [0, 0.05) is 21.5 Å². The predicted octanol–water partition coefficient (Wildman–Crippen LogP) is 4.29. The van der Waals surface area contributed by atoms with E-state index in [-0.39, 0.29) is 13.2 Å². The number of carbonyl (C=O) groups is 1. The molecule has 0 aliphatic carbocycles. The Labute approximate surface area is 158 Å². The lowest BCUT2D eigenvalue weighted by molar-refractivity contribution is -0.147. The Kier molecular flexibility index (Phi) is 5.42. The van der Waals surface area contributed by atoms with Gasteiger partial charge in [0.25, 0.3) is 0 Å². The minimum atomic E-state index is -0.511. The van der Waals surface area contributed by atoms with E-state index in [1.807, 2.05) is 38.1 Å². The van der Waals surface area contributed by atoms with Gasteiger partial charge in [-0.3, -0.25) is 0 Å². The molecule has 0 aliphatic heterocycles. The summed E-state index contributed by atoms with van der Waals surface area (Å²) in [7, 11) is 0. The van der Waals surface area contributed by atoms with Crippen molar-refractivity contribution in [2.45, 2.75) is 20.5 Å². The van der Waals surface area contributed by atoms with Gasteiger partial charge in [-0.05, 0) is 55.3 Å². The maximum Gasteiger partial charge on any atom is 0.344 e. The summed E-state index contributed by atoms with van der Waals surface area (Å²) in [4.78, 5) is 23.7. The number of esters is 1. The summed E-state index contributed by atoms with van der Waals surface area (Å²) in [5, 5.41) is 0.718. The molecule has 134 valence electrons. The monoisotopic (exact) mass is 416 g/mol. The van der Waals surface area contributed by atoms with Gasteiger partial charge in [0.15, 0.2) is 6.61 Å². The van der Waals surface area contributed by atoms with Crippen LogP contribution < -0.4 is 10.4 Å². The first kappa shape index (κ1) is 18.2. The molecule has 3 rings (SSSR count). The predicted molar refractivity (Wildman–Crippen MR) is 101 cm³/mol. The molecular formula is C20H17BrO5. The first-order chi connectivity index (χ1) is 12.4. The normalized spacial score (nSPS) is 10.7. The van der Waals surface area contributed by atoms with Crippen LogP contribution in [0.5, 0.6) is 5.75 Å². The van der Waals surface area contributed by atoms with E-state index in [1.165, 1.54) is 6.07 Å². The summed E-state index contributed by atoms with van der Waals surface area (Å²) in [6.07, 6.45) is 0. The molecular weight excluding hydrogens is 400 g/mol. The van der Waals surface area contributed by atoms with E-state index in [2.05, 4.69) is 15.9 Å². The molecule has 2 aromatic carbocycles. The number of hydrogen-bond acceptors (Lipinski definition) is 5. The van der Waals surface area contributed by atoms with Crippen LogP contribution >= 0.6 is 15.9 Å². The highest BCUT2D eigenvalue weighted by Gasteiger charge is 2.10. The maximum atomic E-state index is 12.0. The van der Waals surface area contributed by atoms with Gasteiger partial charge in [-0.15, -0.1) is 0 Å². The van der Waals surface area contributed by atoms with Crippen molar-refractivity contribution in [2.75, 3.05) is 6.61 Å². The zero-order chi connectivity index (χ0) is 18.7. The molecule has 0 fully saturated rings. The fourth-order valence-electron chi connectivity index (χ4n) is 2.68. The van der Waals surface area contributed by atoms with Crippen LogP contribution in [0.4, 0.5) is 0 Å². The maximum absolute atomic E-state index is 12.0. The molecule has 0 saturated heterocycles. The smallest absolute Gasteiger partial charge is 0.344 e. The van der Waals surface area contributed by atoms with E-state index in [0.717, 1.165) is 21.0 Å². The van der Waals surface area contributed by atoms with E-state index in [1.54, 1.807) is 12.1 Å². The van der Waals surface area contributed by atoms with Gasteiger partial charge >= 0.3 is 11.6 Å². The number of fused-ring (bicyclic) bond motifs is 1. The van der Waals surface area contributed by atoms with E-state index in [4.69, 9.17) is 13.9 Å². The van der Waals surface area contributed by atoms with Crippen LogP contribution in [0.2, 0.25) is 0 Å². The molecule has 0 unspecified atom stereocenters. The van der Waals surface area contributed by atoms with Gasteiger partial charge in [-0.2, -0.15) is 0 Å². The Hall–Kier alpha value is -2.60. The van der Waals surface area contributed by atoms with Crippen LogP contribution in [-0.4, -0.2) is 12.6 Å². The van der Waals surface area contributed by atoms with Gasteiger partial charge < -0.3 is 13.9 Å². The fraction of sp³-hybridized carbons (Fsp3) is 0.200. The van der Waals surface area contributed by atoms with Crippen molar-refractivity contribution in [3.8, 4) is 5.75 Å². The second-order valence-corrected chi connectivity index (χ2v) is 6.92. The summed E-state index contributed by atoms with van der Waals surface area (Å²) in [5.41, 5.74) is 2.64. The lowest BCUT2D eigenvalue weighted by atomic mass is 10.1. The molecule has 0 aliphatic rings. The van der Waals surface area contributed by atoms with E-state index in [9.17, 15) is 9.59 Å². The second-order valence-electron chi connectivity index (χ2n) is 6.00. The summed E-state index contributed by atoms with van der Waals surface area (Å²) in [6, 6.07) is 12.4. The summed E-state index contributed by atoms with van der Waals surface area (Å²) < 4.78 is 16.7. The third kappa shape index (κ3) is 4.52. The number of rotatable bonds is 5. The molecule has 6 heteroatoms. The zero-order valence-electron chi connectivity index (χ0n) is 14.4. The number of halogens is 1. The van der Waals surface area contributed by atoms with Crippen LogP contribution in [0.15, 0.2) is 56.1 Å². The Morgan fingerprint density at radius 2 is 1.81 bits per heavy atom. The van der Waals surface area contributed by atoms with Crippen molar-refractivity contribution in [3.63, 3.8) is 0 Å². The molecule has 0 amide bonds. The van der Waals surface area contributed by atoms with Crippen LogP contribution in [0, 0.1) is 13.8 Å². The van der Waals surface area contributed by atoms with Gasteiger partial charge in [-0.25, -0.2) is 9.59 Å².